The second kappa shape index (κ2) is 8.96. The van der Waals surface area contributed by atoms with Crippen molar-refractivity contribution in [2.75, 3.05) is 23.9 Å². The number of methoxy groups -OCH3 is 1. The molecule has 5 rings (SSSR count). The van der Waals surface area contributed by atoms with Crippen molar-refractivity contribution in [3.05, 3.63) is 87.0 Å². The topological polar surface area (TPSA) is 175 Å². The van der Waals surface area contributed by atoms with Crippen LogP contribution in [0.3, 0.4) is 0 Å². The molecular weight excluding hydrogens is 498 g/mol. The molecule has 12 nitrogen and oxygen atoms in total. The summed E-state index contributed by atoms with van der Waals surface area (Å²) < 4.78 is 10.8. The lowest BCUT2D eigenvalue weighted by Crippen LogP contribution is -2.39. The molecule has 1 amide bonds. The van der Waals surface area contributed by atoms with Crippen LogP contribution in [-0.4, -0.2) is 51.0 Å². The molecule has 2 aliphatic heterocycles. The van der Waals surface area contributed by atoms with Crippen molar-refractivity contribution < 1.29 is 39.6 Å². The molecule has 2 aliphatic rings. The number of anilines is 2. The minimum absolute atomic E-state index is 0.00267. The van der Waals surface area contributed by atoms with Crippen LogP contribution in [0, 0.1) is 10.1 Å². The van der Waals surface area contributed by atoms with Crippen LogP contribution in [0.1, 0.15) is 34.0 Å². The average Bonchev–Trinajstić information content (AvgIpc) is 3.18. The first-order chi connectivity index (χ1) is 17.9. The van der Waals surface area contributed by atoms with Crippen molar-refractivity contribution >= 4 is 23.0 Å². The predicted molar refractivity (Wildman–Crippen MR) is 134 cm³/mol. The summed E-state index contributed by atoms with van der Waals surface area (Å²) in [5, 5.41) is 56.1. The van der Waals surface area contributed by atoms with E-state index in [4.69, 9.17) is 9.47 Å². The fraction of sp³-hybridized carbons (Fsp3) is 0.269. The molecule has 0 radical (unpaired) electrons. The number of ether oxygens (including phenoxy) is 2. The Kier molecular flexibility index (Phi) is 5.99. The van der Waals surface area contributed by atoms with Crippen LogP contribution in [0.25, 0.3) is 0 Å². The third-order valence-electron chi connectivity index (χ3n) is 6.66. The Morgan fingerprint density at radius 3 is 2.45 bits per heavy atom. The molecule has 198 valence electrons. The summed E-state index contributed by atoms with van der Waals surface area (Å²) in [7, 11) is 1.31. The third-order valence-corrected chi connectivity index (χ3v) is 6.66. The van der Waals surface area contributed by atoms with E-state index < -0.39 is 27.9 Å². The molecule has 3 aromatic carbocycles. The molecule has 1 atom stereocenters. The van der Waals surface area contributed by atoms with Gasteiger partial charge in [0.1, 0.15) is 0 Å². The molecule has 0 fully saturated rings. The van der Waals surface area contributed by atoms with E-state index >= 15 is 0 Å². The summed E-state index contributed by atoms with van der Waals surface area (Å²) in [6, 6.07) is 13.0. The minimum atomic E-state index is -3.15. The monoisotopic (exact) mass is 523 g/mol. The summed E-state index contributed by atoms with van der Waals surface area (Å²) >= 11 is 0. The minimum Gasteiger partial charge on any atom is -0.493 e. The van der Waals surface area contributed by atoms with Gasteiger partial charge in [0.05, 0.1) is 34.9 Å². The number of non-ortho nitro benzene ring substituents is 1. The summed E-state index contributed by atoms with van der Waals surface area (Å²) in [6.45, 7) is 1.39. The Balaban J connectivity index is 1.53. The number of hydrogen-bond acceptors (Lipinski definition) is 10. The fourth-order valence-corrected chi connectivity index (χ4v) is 4.77. The van der Waals surface area contributed by atoms with Crippen molar-refractivity contribution in [2.45, 2.75) is 31.1 Å². The molecule has 0 aromatic heterocycles. The zero-order valence-electron chi connectivity index (χ0n) is 20.4. The first-order valence-electron chi connectivity index (χ1n) is 11.7. The van der Waals surface area contributed by atoms with Gasteiger partial charge in [-0.2, -0.15) is 0 Å². The van der Waals surface area contributed by atoms with Gasteiger partial charge < -0.3 is 40.1 Å². The fourth-order valence-electron chi connectivity index (χ4n) is 4.77. The van der Waals surface area contributed by atoms with Gasteiger partial charge >= 0.3 is 5.97 Å². The lowest BCUT2D eigenvalue weighted by atomic mass is 10.0. The van der Waals surface area contributed by atoms with E-state index in [0.29, 0.717) is 18.7 Å². The molecule has 0 spiro atoms. The number of nitro benzene ring substituents is 1. The molecule has 0 unspecified atom stereocenters. The van der Waals surface area contributed by atoms with Gasteiger partial charge in [0, 0.05) is 36.0 Å². The number of rotatable bonds is 6. The molecule has 0 saturated carbocycles. The first kappa shape index (κ1) is 25.4. The summed E-state index contributed by atoms with van der Waals surface area (Å²) in [5.74, 6) is -6.10. The van der Waals surface area contributed by atoms with E-state index in [1.807, 2.05) is 24.3 Å². The lowest BCUT2D eigenvalue weighted by Gasteiger charge is -2.26. The second-order valence-electron chi connectivity index (χ2n) is 9.35. The standard InChI is InChI=1S/C26H25N3O9/c1-25(31,32)15-8-16(10-17(9-15)29(35)36)26(33,34)38-23-12-20-19(11-22(23)37-2)24(30)28-18(13-27-20)7-14-5-3-4-6-21(14)28/h3-6,8-12,18,27,31-34H,7,13H2,1-2H3/t18-/m0/s1. The summed E-state index contributed by atoms with van der Waals surface area (Å²) in [6.07, 6.45) is 0.670. The van der Waals surface area contributed by atoms with Crippen LogP contribution in [0.5, 0.6) is 11.5 Å². The number of aliphatic hydroxyl groups is 4. The van der Waals surface area contributed by atoms with Crippen LogP contribution in [0.4, 0.5) is 17.1 Å². The van der Waals surface area contributed by atoms with E-state index in [1.54, 1.807) is 4.90 Å². The number of nitrogens with zero attached hydrogens (tertiary/aromatic N) is 2. The number of hydrogen-bond donors (Lipinski definition) is 5. The van der Waals surface area contributed by atoms with Gasteiger partial charge in [0.15, 0.2) is 17.3 Å². The Morgan fingerprint density at radius 2 is 1.76 bits per heavy atom. The van der Waals surface area contributed by atoms with E-state index in [9.17, 15) is 35.3 Å². The normalized spacial score (nSPS) is 16.6. The maximum absolute atomic E-state index is 13.6. The molecule has 0 saturated heterocycles. The van der Waals surface area contributed by atoms with Gasteiger partial charge in [0.2, 0.25) is 0 Å². The van der Waals surface area contributed by atoms with Crippen LogP contribution in [0.2, 0.25) is 0 Å². The van der Waals surface area contributed by atoms with Gasteiger partial charge in [-0.15, -0.1) is 0 Å². The highest BCUT2D eigenvalue weighted by atomic mass is 16.8. The quantitative estimate of drug-likeness (QED) is 0.182. The van der Waals surface area contributed by atoms with Gasteiger partial charge in [-0.1, -0.05) is 18.2 Å². The van der Waals surface area contributed by atoms with Gasteiger partial charge in [-0.25, -0.2) is 0 Å². The number of carbonyl (C=O) groups is 1. The predicted octanol–water partition coefficient (Wildman–Crippen LogP) is 1.93. The van der Waals surface area contributed by atoms with Crippen molar-refractivity contribution in [3.63, 3.8) is 0 Å². The molecular formula is C26H25N3O9. The van der Waals surface area contributed by atoms with E-state index in [1.165, 1.54) is 19.2 Å². The van der Waals surface area contributed by atoms with Gasteiger partial charge in [-0.05, 0) is 37.1 Å². The molecule has 3 aromatic rings. The molecule has 0 aliphatic carbocycles. The van der Waals surface area contributed by atoms with Gasteiger partial charge in [0.25, 0.3) is 11.6 Å². The average molecular weight is 523 g/mol. The maximum Gasteiger partial charge on any atom is 0.351 e. The van der Waals surface area contributed by atoms with E-state index in [-0.39, 0.29) is 34.6 Å². The molecule has 12 heteroatoms. The van der Waals surface area contributed by atoms with E-state index in [0.717, 1.165) is 36.4 Å². The smallest absolute Gasteiger partial charge is 0.351 e. The van der Waals surface area contributed by atoms with E-state index in [2.05, 4.69) is 5.32 Å². The zero-order chi connectivity index (χ0) is 27.4. The Hall–Kier alpha value is -4.23. The highest BCUT2D eigenvalue weighted by molar-refractivity contribution is 6.12. The largest absolute Gasteiger partial charge is 0.493 e. The Bertz CT molecular complexity index is 1450. The van der Waals surface area contributed by atoms with Crippen LogP contribution >= 0.6 is 0 Å². The van der Waals surface area contributed by atoms with Crippen molar-refractivity contribution in [2.24, 2.45) is 0 Å². The first-order valence-corrected chi connectivity index (χ1v) is 11.7. The van der Waals surface area contributed by atoms with Crippen molar-refractivity contribution in [1.29, 1.82) is 0 Å². The number of carbonyl (C=O) groups excluding carboxylic acids is 1. The van der Waals surface area contributed by atoms with Gasteiger partial charge in [-0.3, -0.25) is 14.9 Å². The number of para-hydroxylation sites is 1. The molecule has 0 bridgehead atoms. The Morgan fingerprint density at radius 1 is 1.05 bits per heavy atom. The number of fused-ring (bicyclic) bond motifs is 4. The van der Waals surface area contributed by atoms with Crippen LogP contribution < -0.4 is 19.7 Å². The SMILES string of the molecule is COc1cc2c(cc1OC(O)(O)c1cc([N+](=O)[O-])cc(C(C)(O)O)c1)NC[C@@H]1Cc3ccccc3N1C2=O. The van der Waals surface area contributed by atoms with Crippen LogP contribution in [-0.2, 0) is 18.2 Å². The highest BCUT2D eigenvalue weighted by Gasteiger charge is 2.39. The number of nitrogens with one attached hydrogen (secondary N) is 1. The number of nitro groups is 1. The van der Waals surface area contributed by atoms with Crippen molar-refractivity contribution in [1.82, 2.24) is 0 Å². The summed E-state index contributed by atoms with van der Waals surface area (Å²) in [4.78, 5) is 25.9. The highest BCUT2D eigenvalue weighted by Crippen LogP contribution is 2.42. The lowest BCUT2D eigenvalue weighted by molar-refractivity contribution is -0.385. The Labute approximate surface area is 216 Å². The second-order valence-corrected chi connectivity index (χ2v) is 9.35. The maximum atomic E-state index is 13.6. The number of benzene rings is 3. The van der Waals surface area contributed by atoms with Crippen molar-refractivity contribution in [3.8, 4) is 11.5 Å². The number of amides is 1. The third kappa shape index (κ3) is 4.39. The molecule has 5 N–H and O–H groups in total. The molecule has 38 heavy (non-hydrogen) atoms. The molecule has 2 heterocycles. The summed E-state index contributed by atoms with van der Waals surface area (Å²) in [5.41, 5.74) is 1.02. The zero-order valence-corrected chi connectivity index (χ0v) is 20.4. The van der Waals surface area contributed by atoms with Crippen LogP contribution in [0.15, 0.2) is 54.6 Å².